The Balaban J connectivity index is 2.39. The number of aliphatic hydroxyl groups is 1. The molecule has 0 aliphatic heterocycles. The van der Waals surface area contributed by atoms with Gasteiger partial charge in [0.25, 0.3) is 0 Å². The molecule has 98 valence electrons. The third-order valence-electron chi connectivity index (χ3n) is 2.02. The highest BCUT2D eigenvalue weighted by Gasteiger charge is 2.20. The minimum absolute atomic E-state index is 0.150. The summed E-state index contributed by atoms with van der Waals surface area (Å²) in [6.45, 7) is -0.488. The summed E-state index contributed by atoms with van der Waals surface area (Å²) >= 11 is 1.31. The summed E-state index contributed by atoms with van der Waals surface area (Å²) in [6, 6.07) is 2.55. The largest absolute Gasteiger partial charge is 0.467 e. The van der Waals surface area contributed by atoms with Crippen molar-refractivity contribution in [2.75, 3.05) is 19.5 Å². The molecule has 1 aromatic heterocycles. The maximum Gasteiger partial charge on any atom is 0.330 e. The number of aromatic nitrogens is 1. The van der Waals surface area contributed by atoms with Crippen LogP contribution >= 0.6 is 11.8 Å². The van der Waals surface area contributed by atoms with Gasteiger partial charge in [-0.15, -0.1) is 11.8 Å². The zero-order chi connectivity index (χ0) is 13.4. The number of nitrogens with zero attached hydrogens (tertiary/aromatic N) is 1. The van der Waals surface area contributed by atoms with Gasteiger partial charge in [-0.05, 0) is 12.1 Å². The van der Waals surface area contributed by atoms with Crippen molar-refractivity contribution in [1.29, 1.82) is 0 Å². The van der Waals surface area contributed by atoms with Crippen molar-refractivity contribution in [3.63, 3.8) is 0 Å². The summed E-state index contributed by atoms with van der Waals surface area (Å²) in [5.74, 6) is -0.863. The van der Waals surface area contributed by atoms with Crippen LogP contribution in [-0.4, -0.2) is 47.5 Å². The normalized spacial score (nSPS) is 11.7. The highest BCUT2D eigenvalue weighted by atomic mass is 32.2. The van der Waals surface area contributed by atoms with Gasteiger partial charge in [-0.1, -0.05) is 0 Å². The van der Waals surface area contributed by atoms with Crippen LogP contribution in [0.1, 0.15) is 0 Å². The van der Waals surface area contributed by atoms with E-state index in [1.165, 1.54) is 18.9 Å². The Morgan fingerprint density at radius 1 is 1.50 bits per heavy atom. The first-order valence-corrected chi connectivity index (χ1v) is 6.16. The fourth-order valence-corrected chi connectivity index (χ4v) is 1.84. The predicted molar refractivity (Wildman–Crippen MR) is 66.0 cm³/mol. The Morgan fingerprint density at radius 2 is 2.17 bits per heavy atom. The highest BCUT2D eigenvalue weighted by molar-refractivity contribution is 8.00. The van der Waals surface area contributed by atoms with Crippen molar-refractivity contribution in [2.24, 2.45) is 0 Å². The predicted octanol–water partition coefficient (Wildman–Crippen LogP) is -0.176. The van der Waals surface area contributed by atoms with Crippen molar-refractivity contribution in [3.8, 4) is 0 Å². The van der Waals surface area contributed by atoms with E-state index >= 15 is 0 Å². The van der Waals surface area contributed by atoms with Gasteiger partial charge in [0.1, 0.15) is 0 Å². The van der Waals surface area contributed by atoms with Crippen LogP contribution in [0, 0.1) is 0 Å². The summed E-state index contributed by atoms with van der Waals surface area (Å²) in [7, 11) is 1.20. The molecule has 18 heavy (non-hydrogen) atoms. The summed E-state index contributed by atoms with van der Waals surface area (Å²) in [4.78, 5) is 27.4. The Labute approximate surface area is 109 Å². The Morgan fingerprint density at radius 3 is 2.72 bits per heavy atom. The summed E-state index contributed by atoms with van der Waals surface area (Å²) in [5, 5.41) is 11.3. The lowest BCUT2D eigenvalue weighted by molar-refractivity contribution is -0.145. The van der Waals surface area contributed by atoms with Gasteiger partial charge < -0.3 is 15.2 Å². The number of thioether (sulfide) groups is 1. The van der Waals surface area contributed by atoms with Gasteiger partial charge in [0.2, 0.25) is 5.91 Å². The first-order chi connectivity index (χ1) is 8.67. The fraction of sp³-hybridized carbons (Fsp3) is 0.364. The van der Waals surface area contributed by atoms with E-state index in [2.05, 4.69) is 15.0 Å². The van der Waals surface area contributed by atoms with Crippen LogP contribution in [0.3, 0.4) is 0 Å². The van der Waals surface area contributed by atoms with E-state index in [1.54, 1.807) is 24.5 Å². The molecule has 0 bridgehead atoms. The van der Waals surface area contributed by atoms with Crippen molar-refractivity contribution in [2.45, 2.75) is 10.9 Å². The van der Waals surface area contributed by atoms with Crippen LogP contribution in [0.2, 0.25) is 0 Å². The molecule has 1 unspecified atom stereocenters. The lowest BCUT2D eigenvalue weighted by Crippen LogP contribution is -2.44. The number of carbonyl (C=O) groups excluding carboxylic acids is 2. The molecule has 0 aromatic carbocycles. The molecule has 1 heterocycles. The minimum Gasteiger partial charge on any atom is -0.467 e. The van der Waals surface area contributed by atoms with Crippen LogP contribution in [-0.2, 0) is 14.3 Å². The highest BCUT2D eigenvalue weighted by Crippen LogP contribution is 2.15. The van der Waals surface area contributed by atoms with Crippen LogP contribution in [0.4, 0.5) is 0 Å². The number of amides is 1. The van der Waals surface area contributed by atoms with Crippen molar-refractivity contribution in [1.82, 2.24) is 10.3 Å². The number of methoxy groups -OCH3 is 1. The molecule has 0 radical (unpaired) electrons. The SMILES string of the molecule is COC(=O)C(CO)NC(=O)CSc1ccncc1. The molecule has 2 N–H and O–H groups in total. The maximum atomic E-state index is 11.5. The molecule has 1 rings (SSSR count). The molecular weight excluding hydrogens is 256 g/mol. The van der Waals surface area contributed by atoms with E-state index in [4.69, 9.17) is 5.11 Å². The van der Waals surface area contributed by atoms with E-state index in [-0.39, 0.29) is 11.7 Å². The second-order valence-electron chi connectivity index (χ2n) is 3.30. The third-order valence-corrected chi connectivity index (χ3v) is 3.04. The van der Waals surface area contributed by atoms with Gasteiger partial charge >= 0.3 is 5.97 Å². The first kappa shape index (κ1) is 14.5. The number of rotatable bonds is 6. The summed E-state index contributed by atoms with van der Waals surface area (Å²) in [6.07, 6.45) is 3.26. The van der Waals surface area contributed by atoms with Gasteiger partial charge in [0.15, 0.2) is 6.04 Å². The first-order valence-electron chi connectivity index (χ1n) is 5.18. The average Bonchev–Trinajstić information content (AvgIpc) is 2.42. The van der Waals surface area contributed by atoms with Crippen molar-refractivity contribution >= 4 is 23.6 Å². The molecule has 1 atom stereocenters. The van der Waals surface area contributed by atoms with E-state index in [0.717, 1.165) is 4.90 Å². The number of nitrogens with one attached hydrogen (secondary N) is 1. The monoisotopic (exact) mass is 270 g/mol. The van der Waals surface area contributed by atoms with E-state index in [0.29, 0.717) is 0 Å². The number of hydrogen-bond donors (Lipinski definition) is 2. The molecule has 0 saturated heterocycles. The molecule has 1 aromatic rings. The maximum absolute atomic E-state index is 11.5. The minimum atomic E-state index is -1.01. The molecule has 0 fully saturated rings. The average molecular weight is 270 g/mol. The molecule has 0 aliphatic carbocycles. The quantitative estimate of drug-likeness (QED) is 0.551. The Kier molecular flexibility index (Phi) is 6.16. The van der Waals surface area contributed by atoms with E-state index in [1.807, 2.05) is 0 Å². The third kappa shape index (κ3) is 4.72. The topological polar surface area (TPSA) is 88.5 Å². The number of esters is 1. The van der Waals surface area contributed by atoms with Crippen molar-refractivity contribution < 1.29 is 19.4 Å². The molecule has 0 aliphatic rings. The van der Waals surface area contributed by atoms with Crippen LogP contribution in [0.5, 0.6) is 0 Å². The molecular formula is C11H14N2O4S. The van der Waals surface area contributed by atoms with Crippen LogP contribution in [0.25, 0.3) is 0 Å². The van der Waals surface area contributed by atoms with Crippen LogP contribution < -0.4 is 5.32 Å². The van der Waals surface area contributed by atoms with Gasteiger partial charge in [-0.25, -0.2) is 4.79 Å². The van der Waals surface area contributed by atoms with Crippen molar-refractivity contribution in [3.05, 3.63) is 24.5 Å². The fourth-order valence-electron chi connectivity index (χ4n) is 1.14. The number of hydrogen-bond acceptors (Lipinski definition) is 6. The summed E-state index contributed by atoms with van der Waals surface area (Å²) < 4.78 is 4.44. The van der Waals surface area contributed by atoms with Gasteiger partial charge in [-0.3, -0.25) is 9.78 Å². The molecule has 7 heteroatoms. The Bertz CT molecular complexity index is 399. The molecule has 6 nitrogen and oxygen atoms in total. The Hall–Kier alpha value is -1.60. The van der Waals surface area contributed by atoms with Crippen LogP contribution in [0.15, 0.2) is 29.4 Å². The summed E-state index contributed by atoms with van der Waals surface area (Å²) in [5.41, 5.74) is 0. The molecule has 0 saturated carbocycles. The lowest BCUT2D eigenvalue weighted by Gasteiger charge is -2.13. The lowest BCUT2D eigenvalue weighted by atomic mass is 10.3. The standard InChI is InChI=1S/C11H14N2O4S/c1-17-11(16)9(6-14)13-10(15)7-18-8-2-4-12-5-3-8/h2-5,9,14H,6-7H2,1H3,(H,13,15). The second-order valence-corrected chi connectivity index (χ2v) is 4.35. The number of carbonyl (C=O) groups is 2. The van der Waals surface area contributed by atoms with E-state index < -0.39 is 18.6 Å². The van der Waals surface area contributed by atoms with Gasteiger partial charge in [-0.2, -0.15) is 0 Å². The number of pyridine rings is 1. The van der Waals surface area contributed by atoms with Gasteiger partial charge in [0.05, 0.1) is 19.5 Å². The van der Waals surface area contributed by atoms with E-state index in [9.17, 15) is 9.59 Å². The molecule has 0 spiro atoms. The number of ether oxygens (including phenoxy) is 1. The smallest absolute Gasteiger partial charge is 0.330 e. The van der Waals surface area contributed by atoms with Gasteiger partial charge in [0, 0.05) is 17.3 Å². The number of aliphatic hydroxyl groups excluding tert-OH is 1. The zero-order valence-corrected chi connectivity index (χ0v) is 10.6. The molecule has 1 amide bonds. The zero-order valence-electron chi connectivity index (χ0n) is 9.83. The second kappa shape index (κ2) is 7.67.